The molecule has 1 heterocycles. The molecule has 0 aliphatic rings. The third-order valence-corrected chi connectivity index (χ3v) is 1.92. The highest BCUT2D eigenvalue weighted by atomic mass is 16.3. The van der Waals surface area contributed by atoms with Crippen LogP contribution in [0.15, 0.2) is 28.9 Å². The van der Waals surface area contributed by atoms with Crippen molar-refractivity contribution in [3.8, 4) is 0 Å². The van der Waals surface area contributed by atoms with Crippen LogP contribution in [-0.2, 0) is 6.54 Å². The van der Waals surface area contributed by atoms with Gasteiger partial charge in [-0.15, -0.1) is 0 Å². The molecule has 0 aliphatic heterocycles. The van der Waals surface area contributed by atoms with E-state index in [1.807, 2.05) is 18.2 Å². The summed E-state index contributed by atoms with van der Waals surface area (Å²) in [6, 6.07) is 5.69. The molecule has 4 N–H and O–H groups in total. The number of benzene rings is 1. The fraction of sp³-hybridized carbons (Fsp3) is 0.111. The zero-order chi connectivity index (χ0) is 8.55. The molecule has 2 aromatic rings. The second-order valence-corrected chi connectivity index (χ2v) is 2.67. The van der Waals surface area contributed by atoms with Gasteiger partial charge in [-0.3, -0.25) is 0 Å². The van der Waals surface area contributed by atoms with Gasteiger partial charge in [0, 0.05) is 16.5 Å². The van der Waals surface area contributed by atoms with Crippen LogP contribution in [0.1, 0.15) is 5.76 Å². The van der Waals surface area contributed by atoms with E-state index in [1.54, 1.807) is 6.26 Å². The number of nitrogens with two attached hydrogens (primary N) is 2. The average molecular weight is 162 g/mol. The zero-order valence-corrected chi connectivity index (χ0v) is 6.58. The van der Waals surface area contributed by atoms with Crippen molar-refractivity contribution in [3.63, 3.8) is 0 Å². The summed E-state index contributed by atoms with van der Waals surface area (Å²) in [6.45, 7) is 0.387. The Bertz CT molecular complexity index is 406. The summed E-state index contributed by atoms with van der Waals surface area (Å²) in [6.07, 6.45) is 1.67. The van der Waals surface area contributed by atoms with E-state index in [4.69, 9.17) is 15.9 Å². The summed E-state index contributed by atoms with van der Waals surface area (Å²) >= 11 is 0. The first-order chi connectivity index (χ1) is 5.83. The molecule has 0 aliphatic carbocycles. The molecule has 0 saturated heterocycles. The van der Waals surface area contributed by atoms with Gasteiger partial charge in [-0.05, 0) is 6.07 Å². The number of nitrogen functional groups attached to an aromatic ring is 1. The Kier molecular flexibility index (Phi) is 1.52. The molecule has 0 saturated carbocycles. The summed E-state index contributed by atoms with van der Waals surface area (Å²) in [5, 5.41) is 1.95. The molecule has 0 radical (unpaired) electrons. The molecule has 1 aromatic heterocycles. The van der Waals surface area contributed by atoms with E-state index in [9.17, 15) is 0 Å². The molecule has 0 amide bonds. The van der Waals surface area contributed by atoms with Crippen LogP contribution in [0.25, 0.3) is 10.8 Å². The van der Waals surface area contributed by atoms with Gasteiger partial charge in [0.05, 0.1) is 12.8 Å². The summed E-state index contributed by atoms with van der Waals surface area (Å²) < 4.78 is 5.24. The van der Waals surface area contributed by atoms with Crippen LogP contribution in [0, 0.1) is 0 Å². The van der Waals surface area contributed by atoms with Crippen LogP contribution < -0.4 is 11.5 Å². The minimum Gasteiger partial charge on any atom is -0.467 e. The third kappa shape index (κ3) is 0.871. The maximum Gasteiger partial charge on any atom is 0.127 e. The third-order valence-electron chi connectivity index (χ3n) is 1.92. The largest absolute Gasteiger partial charge is 0.467 e. The van der Waals surface area contributed by atoms with Gasteiger partial charge < -0.3 is 15.9 Å². The molecule has 62 valence electrons. The predicted octanol–water partition coefficient (Wildman–Crippen LogP) is 1.47. The highest BCUT2D eigenvalue weighted by molar-refractivity contribution is 5.94. The molecular weight excluding hydrogens is 152 g/mol. The van der Waals surface area contributed by atoms with Crippen molar-refractivity contribution in [2.45, 2.75) is 6.54 Å². The monoisotopic (exact) mass is 162 g/mol. The minimum absolute atomic E-state index is 0.387. The Labute approximate surface area is 70.0 Å². The van der Waals surface area contributed by atoms with E-state index in [-0.39, 0.29) is 0 Å². The number of hydrogen-bond acceptors (Lipinski definition) is 3. The van der Waals surface area contributed by atoms with Crippen LogP contribution in [-0.4, -0.2) is 0 Å². The lowest BCUT2D eigenvalue weighted by Crippen LogP contribution is -1.96. The summed E-state index contributed by atoms with van der Waals surface area (Å²) in [5.74, 6) is 0.753. The predicted molar refractivity (Wildman–Crippen MR) is 48.5 cm³/mol. The molecule has 0 spiro atoms. The fourth-order valence-electron chi connectivity index (χ4n) is 1.35. The Morgan fingerprint density at radius 1 is 1.33 bits per heavy atom. The zero-order valence-electron chi connectivity index (χ0n) is 6.58. The van der Waals surface area contributed by atoms with Gasteiger partial charge in [-0.1, -0.05) is 12.1 Å². The molecule has 0 unspecified atom stereocenters. The Balaban J connectivity index is 2.83. The van der Waals surface area contributed by atoms with Crippen molar-refractivity contribution in [3.05, 3.63) is 30.2 Å². The number of rotatable bonds is 1. The Hall–Kier alpha value is -1.48. The van der Waals surface area contributed by atoms with Gasteiger partial charge in [0.25, 0.3) is 0 Å². The fourth-order valence-corrected chi connectivity index (χ4v) is 1.35. The normalized spacial score (nSPS) is 10.8. The van der Waals surface area contributed by atoms with Crippen LogP contribution >= 0.6 is 0 Å². The molecule has 3 heteroatoms. The maximum atomic E-state index is 5.76. The molecular formula is C9H10N2O. The van der Waals surface area contributed by atoms with Gasteiger partial charge in [-0.2, -0.15) is 0 Å². The van der Waals surface area contributed by atoms with Crippen LogP contribution in [0.5, 0.6) is 0 Å². The topological polar surface area (TPSA) is 65.2 Å². The lowest BCUT2D eigenvalue weighted by atomic mass is 10.1. The summed E-state index contributed by atoms with van der Waals surface area (Å²) in [4.78, 5) is 0. The standard InChI is InChI=1S/C9H10N2O/c10-4-8-9-6(5-12-8)2-1-3-7(9)11/h1-3,5H,4,10-11H2. The molecule has 12 heavy (non-hydrogen) atoms. The summed E-state index contributed by atoms with van der Waals surface area (Å²) in [5.41, 5.74) is 12.0. The van der Waals surface area contributed by atoms with Crippen LogP contribution in [0.4, 0.5) is 5.69 Å². The first-order valence-electron chi connectivity index (χ1n) is 3.77. The van der Waals surface area contributed by atoms with E-state index in [0.717, 1.165) is 22.2 Å². The van der Waals surface area contributed by atoms with Gasteiger partial charge in [0.15, 0.2) is 0 Å². The Morgan fingerprint density at radius 2 is 2.17 bits per heavy atom. The van der Waals surface area contributed by atoms with Crippen LogP contribution in [0.2, 0.25) is 0 Å². The van der Waals surface area contributed by atoms with Gasteiger partial charge >= 0.3 is 0 Å². The molecule has 1 aromatic carbocycles. The van der Waals surface area contributed by atoms with Crippen molar-refractivity contribution in [1.29, 1.82) is 0 Å². The number of furan rings is 1. The van der Waals surface area contributed by atoms with Crippen molar-refractivity contribution >= 4 is 16.5 Å². The Morgan fingerprint density at radius 3 is 2.92 bits per heavy atom. The minimum atomic E-state index is 0.387. The second-order valence-electron chi connectivity index (χ2n) is 2.67. The lowest BCUT2D eigenvalue weighted by Gasteiger charge is -1.96. The molecule has 0 fully saturated rings. The number of fused-ring (bicyclic) bond motifs is 1. The van der Waals surface area contributed by atoms with E-state index in [1.165, 1.54) is 0 Å². The van der Waals surface area contributed by atoms with Crippen molar-refractivity contribution in [2.24, 2.45) is 5.73 Å². The number of anilines is 1. The van der Waals surface area contributed by atoms with Crippen LogP contribution in [0.3, 0.4) is 0 Å². The smallest absolute Gasteiger partial charge is 0.127 e. The maximum absolute atomic E-state index is 5.76. The second kappa shape index (κ2) is 2.53. The van der Waals surface area contributed by atoms with Gasteiger partial charge in [-0.25, -0.2) is 0 Å². The van der Waals surface area contributed by atoms with E-state index >= 15 is 0 Å². The van der Waals surface area contributed by atoms with Gasteiger partial charge in [0.1, 0.15) is 5.76 Å². The first kappa shape index (κ1) is 7.18. The van der Waals surface area contributed by atoms with Crippen molar-refractivity contribution in [2.75, 3.05) is 5.73 Å². The van der Waals surface area contributed by atoms with E-state index in [2.05, 4.69) is 0 Å². The lowest BCUT2D eigenvalue weighted by molar-refractivity contribution is 0.518. The SMILES string of the molecule is NCc1occ2cccc(N)c12. The molecule has 2 rings (SSSR count). The first-order valence-corrected chi connectivity index (χ1v) is 3.77. The summed E-state index contributed by atoms with van der Waals surface area (Å²) in [7, 11) is 0. The highest BCUT2D eigenvalue weighted by Crippen LogP contribution is 2.25. The van der Waals surface area contributed by atoms with Crippen molar-refractivity contribution in [1.82, 2.24) is 0 Å². The highest BCUT2D eigenvalue weighted by Gasteiger charge is 2.06. The molecule has 0 bridgehead atoms. The van der Waals surface area contributed by atoms with Crippen molar-refractivity contribution < 1.29 is 4.42 Å². The quantitative estimate of drug-likeness (QED) is 0.624. The van der Waals surface area contributed by atoms with Gasteiger partial charge in [0.2, 0.25) is 0 Å². The van der Waals surface area contributed by atoms with E-state index in [0.29, 0.717) is 6.54 Å². The molecule has 0 atom stereocenters. The number of hydrogen-bond donors (Lipinski definition) is 2. The average Bonchev–Trinajstić information content (AvgIpc) is 2.49. The van der Waals surface area contributed by atoms with E-state index < -0.39 is 0 Å². The molecule has 3 nitrogen and oxygen atoms in total.